The van der Waals surface area contributed by atoms with Crippen molar-refractivity contribution in [1.82, 2.24) is 39.6 Å². The molecule has 13 heteroatoms. The van der Waals surface area contributed by atoms with E-state index in [-0.39, 0.29) is 36.4 Å². The number of fused-ring (bicyclic) bond motifs is 1. The minimum absolute atomic E-state index is 0.0292. The lowest BCUT2D eigenvalue weighted by Crippen LogP contribution is -2.50. The van der Waals surface area contributed by atoms with Crippen LogP contribution in [0.15, 0.2) is 98.0 Å². The smallest absolute Gasteiger partial charge is 0.253 e. The molecule has 0 aliphatic carbocycles. The highest BCUT2D eigenvalue weighted by Crippen LogP contribution is 2.35. The summed E-state index contributed by atoms with van der Waals surface area (Å²) in [5, 5.41) is 23.7. The number of piperidine rings is 1. The van der Waals surface area contributed by atoms with Crippen LogP contribution < -0.4 is 5.32 Å². The maximum Gasteiger partial charge on any atom is 0.253 e. The van der Waals surface area contributed by atoms with Crippen LogP contribution in [-0.4, -0.2) is 71.0 Å². The highest BCUT2D eigenvalue weighted by atomic mass is 19.1. The van der Waals surface area contributed by atoms with Crippen molar-refractivity contribution in [2.75, 3.05) is 19.6 Å². The van der Waals surface area contributed by atoms with Crippen molar-refractivity contribution in [1.29, 1.82) is 0 Å². The minimum atomic E-state index is -1.71. The van der Waals surface area contributed by atoms with Crippen molar-refractivity contribution in [2.24, 2.45) is 0 Å². The van der Waals surface area contributed by atoms with E-state index >= 15 is 0 Å². The Labute approximate surface area is 273 Å². The predicted octanol–water partition coefficient (Wildman–Crippen LogP) is 4.85. The van der Waals surface area contributed by atoms with Crippen LogP contribution in [0.3, 0.4) is 0 Å². The van der Waals surface area contributed by atoms with Gasteiger partial charge < -0.3 is 10.4 Å². The van der Waals surface area contributed by atoms with Gasteiger partial charge in [0.2, 0.25) is 0 Å². The van der Waals surface area contributed by atoms with Gasteiger partial charge in [-0.25, -0.2) is 27.4 Å². The summed E-state index contributed by atoms with van der Waals surface area (Å²) in [5.74, 6) is -2.17. The van der Waals surface area contributed by atoms with Gasteiger partial charge in [-0.1, -0.05) is 6.07 Å². The van der Waals surface area contributed by atoms with E-state index in [4.69, 9.17) is 5.10 Å². The topological polar surface area (TPSA) is 113 Å². The van der Waals surface area contributed by atoms with Gasteiger partial charge in [0.15, 0.2) is 0 Å². The maximum absolute atomic E-state index is 14.9. The Kier molecular flexibility index (Phi) is 8.46. The van der Waals surface area contributed by atoms with Crippen molar-refractivity contribution in [3.63, 3.8) is 0 Å². The Morgan fingerprint density at radius 1 is 0.896 bits per heavy atom. The number of halogens is 3. The molecular weight excluding hydrogens is 621 g/mol. The standard InChI is InChI=1S/C35H31F3N8O2/c36-26-4-1-24(2-5-26)33-32(23-9-13-39-14-10-23)31-8-3-25(18-46(31)43-33)34(47)42-28-11-15-44(16-12-28)19-35(48,20-45-22-40-21-41-45)29-7-6-27(37)17-30(29)38/h1-10,13-14,17-18,21-22,28,48H,11-12,15-16,19-20H2,(H,42,47). The van der Waals surface area contributed by atoms with Crippen LogP contribution in [0, 0.1) is 17.5 Å². The van der Waals surface area contributed by atoms with Crippen molar-refractivity contribution >= 4 is 11.4 Å². The third-order valence-corrected chi connectivity index (χ3v) is 8.71. The summed E-state index contributed by atoms with van der Waals surface area (Å²) >= 11 is 0. The fourth-order valence-corrected chi connectivity index (χ4v) is 6.34. The largest absolute Gasteiger partial charge is 0.382 e. The van der Waals surface area contributed by atoms with Crippen LogP contribution in [-0.2, 0) is 12.1 Å². The summed E-state index contributed by atoms with van der Waals surface area (Å²) in [6.45, 7) is 1.06. The molecule has 1 saturated heterocycles. The van der Waals surface area contributed by atoms with Gasteiger partial charge in [0.25, 0.3) is 5.91 Å². The highest BCUT2D eigenvalue weighted by molar-refractivity contribution is 5.96. The SMILES string of the molecule is O=C(NC1CCN(CC(O)(Cn2cncn2)c2ccc(F)cc2F)CC1)c1ccc2c(-c3ccncc3)c(-c3ccc(F)cc3)nn2c1. The van der Waals surface area contributed by atoms with Gasteiger partial charge in [-0.15, -0.1) is 0 Å². The number of carbonyl (C=O) groups excluding carboxylic acids is 1. The van der Waals surface area contributed by atoms with E-state index in [0.29, 0.717) is 37.2 Å². The lowest BCUT2D eigenvalue weighted by Gasteiger charge is -2.38. The fourth-order valence-electron chi connectivity index (χ4n) is 6.34. The molecule has 1 amide bonds. The number of amides is 1. The molecule has 1 fully saturated rings. The second-order valence-corrected chi connectivity index (χ2v) is 12.0. The number of aromatic nitrogens is 6. The van der Waals surface area contributed by atoms with Crippen LogP contribution in [0.25, 0.3) is 27.9 Å². The lowest BCUT2D eigenvalue weighted by molar-refractivity contribution is -0.0271. The normalized spacial score (nSPS) is 15.4. The number of hydrogen-bond acceptors (Lipinski definition) is 7. The molecule has 6 aromatic rings. The monoisotopic (exact) mass is 652 g/mol. The molecule has 1 aliphatic rings. The quantitative estimate of drug-likeness (QED) is 0.230. The number of aliphatic hydroxyl groups is 1. The fraction of sp³-hybridized carbons (Fsp3) is 0.229. The molecule has 0 bridgehead atoms. The van der Waals surface area contributed by atoms with Crippen molar-refractivity contribution in [2.45, 2.75) is 31.0 Å². The van der Waals surface area contributed by atoms with Crippen molar-refractivity contribution in [3.8, 4) is 22.4 Å². The Bertz CT molecular complexity index is 2050. The number of carbonyl (C=O) groups is 1. The predicted molar refractivity (Wildman–Crippen MR) is 171 cm³/mol. The molecule has 7 rings (SSSR count). The zero-order valence-electron chi connectivity index (χ0n) is 25.7. The Balaban J connectivity index is 1.06. The third kappa shape index (κ3) is 6.42. The average molecular weight is 653 g/mol. The van der Waals surface area contributed by atoms with E-state index < -0.39 is 17.2 Å². The molecule has 1 aliphatic heterocycles. The van der Waals surface area contributed by atoms with E-state index in [9.17, 15) is 23.1 Å². The lowest BCUT2D eigenvalue weighted by atomic mass is 9.91. The Morgan fingerprint density at radius 2 is 1.65 bits per heavy atom. The van der Waals surface area contributed by atoms with E-state index in [1.54, 1.807) is 41.3 Å². The third-order valence-electron chi connectivity index (χ3n) is 8.71. The molecule has 48 heavy (non-hydrogen) atoms. The molecular formula is C35H31F3N8O2. The molecule has 1 atom stereocenters. The molecule has 4 aromatic heterocycles. The first-order chi connectivity index (χ1) is 23.3. The molecule has 5 heterocycles. The van der Waals surface area contributed by atoms with Crippen LogP contribution in [0.5, 0.6) is 0 Å². The highest BCUT2D eigenvalue weighted by Gasteiger charge is 2.37. The van der Waals surface area contributed by atoms with Crippen LogP contribution in [0.1, 0.15) is 28.8 Å². The summed E-state index contributed by atoms with van der Waals surface area (Å²) in [7, 11) is 0. The van der Waals surface area contributed by atoms with Gasteiger partial charge in [-0.05, 0) is 73.0 Å². The number of β-amino-alcohol motifs (C(OH)–C–C–N with tert-alkyl or cyclic N) is 1. The number of hydrogen-bond donors (Lipinski definition) is 2. The second kappa shape index (κ2) is 13.0. The van der Waals surface area contributed by atoms with E-state index in [1.165, 1.54) is 35.5 Å². The number of likely N-dealkylation sites (tertiary alicyclic amines) is 1. The number of nitrogens with zero attached hydrogens (tertiary/aromatic N) is 7. The number of pyridine rings is 2. The van der Waals surface area contributed by atoms with Gasteiger partial charge >= 0.3 is 0 Å². The first kappa shape index (κ1) is 31.2. The zero-order valence-corrected chi connectivity index (χ0v) is 25.7. The molecule has 0 radical (unpaired) electrons. The van der Waals surface area contributed by atoms with Gasteiger partial charge in [-0.2, -0.15) is 10.2 Å². The molecule has 0 saturated carbocycles. The summed E-state index contributed by atoms with van der Waals surface area (Å²) in [6, 6.07) is 16.5. The number of benzene rings is 2. The van der Waals surface area contributed by atoms with Crippen molar-refractivity contribution < 1.29 is 23.1 Å². The van der Waals surface area contributed by atoms with Gasteiger partial charge in [-0.3, -0.25) is 14.7 Å². The summed E-state index contributed by atoms with van der Waals surface area (Å²) < 4.78 is 45.3. The number of rotatable bonds is 9. The van der Waals surface area contributed by atoms with Gasteiger partial charge in [0, 0.05) is 67.0 Å². The molecule has 10 nitrogen and oxygen atoms in total. The minimum Gasteiger partial charge on any atom is -0.382 e. The molecule has 1 unspecified atom stereocenters. The van der Waals surface area contributed by atoms with Crippen LogP contribution in [0.4, 0.5) is 13.2 Å². The first-order valence-electron chi connectivity index (χ1n) is 15.5. The van der Waals surface area contributed by atoms with E-state index in [0.717, 1.165) is 34.3 Å². The van der Waals surface area contributed by atoms with Crippen LogP contribution >= 0.6 is 0 Å². The molecule has 2 N–H and O–H groups in total. The summed E-state index contributed by atoms with van der Waals surface area (Å²) in [5.41, 5.74) is 2.58. The van der Waals surface area contributed by atoms with Gasteiger partial charge in [0.05, 0.1) is 17.6 Å². The van der Waals surface area contributed by atoms with Crippen LogP contribution in [0.2, 0.25) is 0 Å². The summed E-state index contributed by atoms with van der Waals surface area (Å²) in [4.78, 5) is 23.4. The molecule has 2 aromatic carbocycles. The van der Waals surface area contributed by atoms with Gasteiger partial charge in [0.1, 0.15) is 41.4 Å². The second-order valence-electron chi connectivity index (χ2n) is 12.0. The zero-order chi connectivity index (χ0) is 33.3. The Morgan fingerprint density at radius 3 is 2.35 bits per heavy atom. The summed E-state index contributed by atoms with van der Waals surface area (Å²) in [6.07, 6.45) is 9.02. The van der Waals surface area contributed by atoms with E-state index in [1.807, 2.05) is 23.1 Å². The maximum atomic E-state index is 14.9. The van der Waals surface area contributed by atoms with Crippen molar-refractivity contribution in [3.05, 3.63) is 127 Å². The average Bonchev–Trinajstić information content (AvgIpc) is 3.73. The first-order valence-corrected chi connectivity index (χ1v) is 15.5. The molecule has 244 valence electrons. The number of nitrogens with one attached hydrogen (secondary N) is 1. The Hall–Kier alpha value is -5.40. The molecule has 0 spiro atoms. The van der Waals surface area contributed by atoms with E-state index in [2.05, 4.69) is 20.4 Å².